The SMILES string of the molecule is Cc1ccc2nc(NC3CC4CCC3O4)sc2c1. The molecule has 2 aliphatic rings. The fraction of sp³-hybridized carbons (Fsp3) is 0.500. The highest BCUT2D eigenvalue weighted by molar-refractivity contribution is 7.22. The van der Waals surface area contributed by atoms with Crippen LogP contribution in [0.25, 0.3) is 10.2 Å². The fourth-order valence-corrected chi connectivity index (χ4v) is 4.07. The van der Waals surface area contributed by atoms with Crippen LogP contribution in [-0.4, -0.2) is 23.2 Å². The van der Waals surface area contributed by atoms with Crippen molar-refractivity contribution in [1.29, 1.82) is 0 Å². The maximum atomic E-state index is 5.86. The third-order valence-corrected chi connectivity index (χ3v) is 4.91. The zero-order valence-electron chi connectivity index (χ0n) is 10.3. The molecule has 2 saturated heterocycles. The molecule has 0 amide bonds. The molecule has 2 aromatic rings. The third-order valence-electron chi connectivity index (χ3n) is 3.96. The number of fused-ring (bicyclic) bond motifs is 3. The molecule has 18 heavy (non-hydrogen) atoms. The summed E-state index contributed by atoms with van der Waals surface area (Å²) in [5, 5.41) is 4.60. The van der Waals surface area contributed by atoms with Crippen LogP contribution in [0.15, 0.2) is 18.2 Å². The molecule has 3 atom stereocenters. The van der Waals surface area contributed by atoms with Gasteiger partial charge in [-0.3, -0.25) is 0 Å². The number of hydrogen-bond donors (Lipinski definition) is 1. The third kappa shape index (κ3) is 1.71. The first-order chi connectivity index (χ1) is 8.78. The van der Waals surface area contributed by atoms with Crippen molar-refractivity contribution in [3.63, 3.8) is 0 Å². The minimum absolute atomic E-state index is 0.406. The van der Waals surface area contributed by atoms with Crippen molar-refractivity contribution in [3.8, 4) is 0 Å². The lowest BCUT2D eigenvalue weighted by Crippen LogP contribution is -2.30. The van der Waals surface area contributed by atoms with E-state index in [1.54, 1.807) is 11.3 Å². The van der Waals surface area contributed by atoms with Crippen LogP contribution in [0.4, 0.5) is 5.13 Å². The van der Waals surface area contributed by atoms with Crippen LogP contribution < -0.4 is 5.32 Å². The summed E-state index contributed by atoms with van der Waals surface area (Å²) in [6.45, 7) is 2.12. The van der Waals surface area contributed by atoms with Crippen molar-refractivity contribution in [2.75, 3.05) is 5.32 Å². The zero-order chi connectivity index (χ0) is 12.1. The van der Waals surface area contributed by atoms with E-state index in [2.05, 4.69) is 35.4 Å². The Kier molecular flexibility index (Phi) is 2.35. The van der Waals surface area contributed by atoms with Crippen LogP contribution in [0.1, 0.15) is 24.8 Å². The van der Waals surface area contributed by atoms with Gasteiger partial charge in [-0.1, -0.05) is 17.4 Å². The summed E-state index contributed by atoms with van der Waals surface area (Å²) >= 11 is 1.75. The molecule has 0 spiro atoms. The van der Waals surface area contributed by atoms with Gasteiger partial charge in [0.2, 0.25) is 0 Å². The maximum absolute atomic E-state index is 5.86. The molecule has 94 valence electrons. The van der Waals surface area contributed by atoms with Gasteiger partial charge in [0.15, 0.2) is 5.13 Å². The van der Waals surface area contributed by atoms with Crippen LogP contribution in [0, 0.1) is 6.92 Å². The van der Waals surface area contributed by atoms with Crippen LogP contribution in [0.2, 0.25) is 0 Å². The van der Waals surface area contributed by atoms with E-state index in [9.17, 15) is 0 Å². The van der Waals surface area contributed by atoms with Gasteiger partial charge in [0.1, 0.15) is 0 Å². The molecular formula is C14H16N2OS. The van der Waals surface area contributed by atoms with E-state index >= 15 is 0 Å². The number of aromatic nitrogens is 1. The van der Waals surface area contributed by atoms with Gasteiger partial charge in [0.25, 0.3) is 0 Å². The van der Waals surface area contributed by atoms with Crippen LogP contribution in [0.5, 0.6) is 0 Å². The molecule has 1 N–H and O–H groups in total. The molecule has 3 heterocycles. The number of nitrogens with zero attached hydrogens (tertiary/aromatic N) is 1. The lowest BCUT2D eigenvalue weighted by atomic mass is 9.96. The molecule has 2 fully saturated rings. The molecule has 0 saturated carbocycles. The Morgan fingerprint density at radius 1 is 1.39 bits per heavy atom. The number of thiazole rings is 1. The topological polar surface area (TPSA) is 34.2 Å². The molecule has 0 radical (unpaired) electrons. The Balaban J connectivity index is 1.59. The van der Waals surface area contributed by atoms with E-state index in [1.807, 2.05) is 0 Å². The quantitative estimate of drug-likeness (QED) is 0.899. The molecule has 0 aliphatic carbocycles. The number of rotatable bonds is 2. The number of ether oxygens (including phenoxy) is 1. The van der Waals surface area contributed by atoms with Crippen molar-refractivity contribution < 1.29 is 4.74 Å². The molecule has 1 aromatic heterocycles. The van der Waals surface area contributed by atoms with Crippen LogP contribution in [-0.2, 0) is 4.74 Å². The Bertz CT molecular complexity index is 594. The van der Waals surface area contributed by atoms with Gasteiger partial charge in [-0.15, -0.1) is 0 Å². The number of nitrogens with one attached hydrogen (secondary N) is 1. The summed E-state index contributed by atoms with van der Waals surface area (Å²) in [4.78, 5) is 4.65. The number of hydrogen-bond acceptors (Lipinski definition) is 4. The standard InChI is InChI=1S/C14H16N2OS/c1-8-2-4-10-13(6-8)18-14(15-10)16-11-7-9-3-5-12(11)17-9/h2,4,6,9,11-12H,3,5,7H2,1H3,(H,15,16). The van der Waals surface area contributed by atoms with Crippen molar-refractivity contribution in [3.05, 3.63) is 23.8 Å². The van der Waals surface area contributed by atoms with Crippen LogP contribution >= 0.6 is 11.3 Å². The van der Waals surface area contributed by atoms with Gasteiger partial charge in [-0.25, -0.2) is 4.98 Å². The Hall–Kier alpha value is -1.13. The highest BCUT2D eigenvalue weighted by Crippen LogP contribution is 2.37. The summed E-state index contributed by atoms with van der Waals surface area (Å²) in [6, 6.07) is 6.89. The minimum atomic E-state index is 0.406. The highest BCUT2D eigenvalue weighted by Gasteiger charge is 2.40. The first-order valence-corrected chi connectivity index (χ1v) is 7.39. The van der Waals surface area contributed by atoms with E-state index in [-0.39, 0.29) is 0 Å². The summed E-state index contributed by atoms with van der Waals surface area (Å²) < 4.78 is 7.13. The van der Waals surface area contributed by atoms with E-state index < -0.39 is 0 Å². The van der Waals surface area contributed by atoms with Gasteiger partial charge in [-0.05, 0) is 43.9 Å². The minimum Gasteiger partial charge on any atom is -0.373 e. The molecule has 2 aliphatic heterocycles. The predicted octanol–water partition coefficient (Wildman–Crippen LogP) is 3.34. The maximum Gasteiger partial charge on any atom is 0.184 e. The molecule has 4 heteroatoms. The lowest BCUT2D eigenvalue weighted by Gasteiger charge is -2.19. The van der Waals surface area contributed by atoms with E-state index in [4.69, 9.17) is 4.74 Å². The van der Waals surface area contributed by atoms with Crippen molar-refractivity contribution >= 4 is 26.7 Å². The van der Waals surface area contributed by atoms with Crippen molar-refractivity contribution in [1.82, 2.24) is 4.98 Å². The van der Waals surface area contributed by atoms with Gasteiger partial charge in [0.05, 0.1) is 28.5 Å². The van der Waals surface area contributed by atoms with Gasteiger partial charge < -0.3 is 10.1 Å². The molecule has 1 aromatic carbocycles. The first-order valence-electron chi connectivity index (χ1n) is 6.57. The number of aryl methyl sites for hydroxylation is 1. The Morgan fingerprint density at radius 3 is 3.11 bits per heavy atom. The van der Waals surface area contributed by atoms with Crippen molar-refractivity contribution in [2.45, 2.75) is 44.4 Å². The van der Waals surface area contributed by atoms with E-state index in [1.165, 1.54) is 23.1 Å². The van der Waals surface area contributed by atoms with E-state index in [0.717, 1.165) is 17.1 Å². The van der Waals surface area contributed by atoms with E-state index in [0.29, 0.717) is 18.2 Å². The monoisotopic (exact) mass is 260 g/mol. The van der Waals surface area contributed by atoms with Crippen LogP contribution in [0.3, 0.4) is 0 Å². The average molecular weight is 260 g/mol. The second-order valence-electron chi connectivity index (χ2n) is 5.35. The summed E-state index contributed by atoms with van der Waals surface area (Å²) in [7, 11) is 0. The predicted molar refractivity (Wildman–Crippen MR) is 74.3 cm³/mol. The number of anilines is 1. The molecular weight excluding hydrogens is 244 g/mol. The summed E-state index contributed by atoms with van der Waals surface area (Å²) in [6.07, 6.45) is 4.47. The fourth-order valence-electron chi connectivity index (χ4n) is 3.04. The van der Waals surface area contributed by atoms with Gasteiger partial charge in [0, 0.05) is 0 Å². The van der Waals surface area contributed by atoms with Gasteiger partial charge >= 0.3 is 0 Å². The second kappa shape index (κ2) is 3.93. The smallest absolute Gasteiger partial charge is 0.184 e. The highest BCUT2D eigenvalue weighted by atomic mass is 32.1. The Morgan fingerprint density at radius 2 is 2.33 bits per heavy atom. The summed E-state index contributed by atoms with van der Waals surface area (Å²) in [5.41, 5.74) is 2.39. The molecule has 3 nitrogen and oxygen atoms in total. The molecule has 2 bridgehead atoms. The van der Waals surface area contributed by atoms with Gasteiger partial charge in [-0.2, -0.15) is 0 Å². The van der Waals surface area contributed by atoms with Crippen molar-refractivity contribution in [2.24, 2.45) is 0 Å². The number of benzene rings is 1. The summed E-state index contributed by atoms with van der Waals surface area (Å²) in [5.74, 6) is 0. The zero-order valence-corrected chi connectivity index (χ0v) is 11.2. The molecule has 4 rings (SSSR count). The average Bonchev–Trinajstić information content (AvgIpc) is 3.02. The normalized spacial score (nSPS) is 30.2. The first kappa shape index (κ1) is 10.8. The second-order valence-corrected chi connectivity index (χ2v) is 6.38. The largest absolute Gasteiger partial charge is 0.373 e. The Labute approximate surface area is 110 Å². The lowest BCUT2D eigenvalue weighted by molar-refractivity contribution is 0.102. The molecule has 3 unspecified atom stereocenters.